The molecule has 2 nitrogen and oxygen atoms in total. The van der Waals surface area contributed by atoms with Crippen LogP contribution in [0.25, 0.3) is 11.1 Å². The predicted octanol–water partition coefficient (Wildman–Crippen LogP) is 4.13. The standard InChI is InChI=1S/C16H18ClNO/c1-3-18-11-12-4-9-16(19-2)15(10-12)13-5-7-14(17)8-6-13/h4-10,18H,3,11H2,1-2H3. The molecule has 0 aliphatic heterocycles. The van der Waals surface area contributed by atoms with Crippen molar-refractivity contribution in [3.63, 3.8) is 0 Å². The summed E-state index contributed by atoms with van der Waals surface area (Å²) in [5.74, 6) is 0.877. The van der Waals surface area contributed by atoms with Gasteiger partial charge in [-0.25, -0.2) is 0 Å². The topological polar surface area (TPSA) is 21.3 Å². The fourth-order valence-corrected chi connectivity index (χ4v) is 2.12. The zero-order valence-electron chi connectivity index (χ0n) is 11.2. The average molecular weight is 276 g/mol. The van der Waals surface area contributed by atoms with Crippen LogP contribution in [0.15, 0.2) is 42.5 Å². The molecule has 0 unspecified atom stereocenters. The maximum atomic E-state index is 5.93. The summed E-state index contributed by atoms with van der Waals surface area (Å²) in [6, 6.07) is 14.1. The molecule has 0 atom stereocenters. The number of nitrogens with one attached hydrogen (secondary N) is 1. The number of methoxy groups -OCH3 is 1. The van der Waals surface area contributed by atoms with E-state index < -0.39 is 0 Å². The molecule has 0 aliphatic carbocycles. The second kappa shape index (κ2) is 6.60. The minimum absolute atomic E-state index is 0.742. The van der Waals surface area contributed by atoms with Crippen molar-refractivity contribution >= 4 is 11.6 Å². The van der Waals surface area contributed by atoms with E-state index in [1.165, 1.54) is 5.56 Å². The molecule has 0 aliphatic rings. The van der Waals surface area contributed by atoms with Gasteiger partial charge in [0.05, 0.1) is 7.11 Å². The van der Waals surface area contributed by atoms with E-state index in [1.54, 1.807) is 7.11 Å². The summed E-state index contributed by atoms with van der Waals surface area (Å²) in [7, 11) is 1.69. The third kappa shape index (κ3) is 3.49. The number of rotatable bonds is 5. The first-order valence-corrected chi connectivity index (χ1v) is 6.76. The Labute approximate surface area is 119 Å². The highest BCUT2D eigenvalue weighted by Gasteiger charge is 2.07. The molecule has 0 heterocycles. The summed E-state index contributed by atoms with van der Waals surface area (Å²) in [5, 5.41) is 4.07. The van der Waals surface area contributed by atoms with Crippen molar-refractivity contribution in [2.24, 2.45) is 0 Å². The van der Waals surface area contributed by atoms with E-state index in [-0.39, 0.29) is 0 Å². The summed E-state index contributed by atoms with van der Waals surface area (Å²) in [6.07, 6.45) is 0. The van der Waals surface area contributed by atoms with Crippen LogP contribution in [0.2, 0.25) is 5.02 Å². The Morgan fingerprint density at radius 2 is 1.84 bits per heavy atom. The van der Waals surface area contributed by atoms with E-state index in [0.29, 0.717) is 0 Å². The Morgan fingerprint density at radius 3 is 2.47 bits per heavy atom. The predicted molar refractivity (Wildman–Crippen MR) is 80.8 cm³/mol. The van der Waals surface area contributed by atoms with Crippen molar-refractivity contribution in [2.45, 2.75) is 13.5 Å². The highest BCUT2D eigenvalue weighted by atomic mass is 35.5. The number of hydrogen-bond donors (Lipinski definition) is 1. The molecule has 100 valence electrons. The third-order valence-corrected chi connectivity index (χ3v) is 3.25. The molecule has 2 aromatic rings. The first-order valence-electron chi connectivity index (χ1n) is 6.38. The van der Waals surface area contributed by atoms with Crippen LogP contribution in [0.3, 0.4) is 0 Å². The van der Waals surface area contributed by atoms with Gasteiger partial charge in [0.2, 0.25) is 0 Å². The number of halogens is 1. The number of ether oxygens (including phenoxy) is 1. The molecular formula is C16H18ClNO. The van der Waals surface area contributed by atoms with Crippen LogP contribution in [0.1, 0.15) is 12.5 Å². The monoisotopic (exact) mass is 275 g/mol. The largest absolute Gasteiger partial charge is 0.496 e. The average Bonchev–Trinajstić information content (AvgIpc) is 2.45. The Balaban J connectivity index is 2.38. The van der Waals surface area contributed by atoms with Crippen LogP contribution in [0, 0.1) is 0 Å². The SMILES string of the molecule is CCNCc1ccc(OC)c(-c2ccc(Cl)cc2)c1. The van der Waals surface area contributed by atoms with Gasteiger partial charge in [0, 0.05) is 17.1 Å². The van der Waals surface area contributed by atoms with Crippen LogP contribution in [0.5, 0.6) is 5.75 Å². The van der Waals surface area contributed by atoms with E-state index in [0.717, 1.165) is 35.0 Å². The third-order valence-electron chi connectivity index (χ3n) is 3.00. The Bertz CT molecular complexity index is 537. The Kier molecular flexibility index (Phi) is 4.83. The minimum atomic E-state index is 0.742. The molecule has 0 saturated heterocycles. The first-order chi connectivity index (χ1) is 9.24. The Hall–Kier alpha value is -1.51. The van der Waals surface area contributed by atoms with E-state index >= 15 is 0 Å². The lowest BCUT2D eigenvalue weighted by Crippen LogP contribution is -2.11. The molecule has 0 amide bonds. The summed E-state index contributed by atoms with van der Waals surface area (Å²) in [5.41, 5.74) is 3.45. The van der Waals surface area contributed by atoms with Gasteiger partial charge in [-0.15, -0.1) is 0 Å². The van der Waals surface area contributed by atoms with E-state index in [1.807, 2.05) is 30.3 Å². The molecule has 2 rings (SSSR count). The molecule has 3 heteroatoms. The van der Waals surface area contributed by atoms with Gasteiger partial charge in [-0.1, -0.05) is 36.7 Å². The maximum absolute atomic E-state index is 5.93. The van der Waals surface area contributed by atoms with Crippen molar-refractivity contribution in [3.8, 4) is 16.9 Å². The molecule has 1 N–H and O–H groups in total. The normalized spacial score (nSPS) is 10.5. The Morgan fingerprint density at radius 1 is 1.11 bits per heavy atom. The quantitative estimate of drug-likeness (QED) is 0.886. The highest BCUT2D eigenvalue weighted by Crippen LogP contribution is 2.31. The maximum Gasteiger partial charge on any atom is 0.126 e. The zero-order chi connectivity index (χ0) is 13.7. The molecule has 0 spiro atoms. The molecule has 19 heavy (non-hydrogen) atoms. The van der Waals surface area contributed by atoms with E-state index in [4.69, 9.17) is 16.3 Å². The molecule has 0 radical (unpaired) electrons. The summed E-state index contributed by atoms with van der Waals surface area (Å²) >= 11 is 5.93. The van der Waals surface area contributed by atoms with E-state index in [2.05, 4.69) is 24.4 Å². The molecule has 0 saturated carbocycles. The van der Waals surface area contributed by atoms with Gasteiger partial charge in [0.1, 0.15) is 5.75 Å². The summed E-state index contributed by atoms with van der Waals surface area (Å²) < 4.78 is 5.44. The van der Waals surface area contributed by atoms with Gasteiger partial charge in [-0.2, -0.15) is 0 Å². The van der Waals surface area contributed by atoms with Crippen LogP contribution >= 0.6 is 11.6 Å². The fourth-order valence-electron chi connectivity index (χ4n) is 1.99. The van der Waals surface area contributed by atoms with Crippen molar-refractivity contribution < 1.29 is 4.74 Å². The summed E-state index contributed by atoms with van der Waals surface area (Å²) in [6.45, 7) is 3.92. The minimum Gasteiger partial charge on any atom is -0.496 e. The van der Waals surface area contributed by atoms with Gasteiger partial charge in [0.15, 0.2) is 0 Å². The van der Waals surface area contributed by atoms with Gasteiger partial charge >= 0.3 is 0 Å². The highest BCUT2D eigenvalue weighted by molar-refractivity contribution is 6.30. The van der Waals surface area contributed by atoms with Crippen LogP contribution < -0.4 is 10.1 Å². The molecule has 0 fully saturated rings. The molecule has 0 bridgehead atoms. The number of benzene rings is 2. The van der Waals surface area contributed by atoms with Gasteiger partial charge in [-0.3, -0.25) is 0 Å². The zero-order valence-corrected chi connectivity index (χ0v) is 12.0. The van der Waals surface area contributed by atoms with Crippen molar-refractivity contribution in [3.05, 3.63) is 53.1 Å². The smallest absolute Gasteiger partial charge is 0.126 e. The van der Waals surface area contributed by atoms with Crippen LogP contribution in [0.4, 0.5) is 0 Å². The lowest BCUT2D eigenvalue weighted by molar-refractivity contribution is 0.416. The lowest BCUT2D eigenvalue weighted by Gasteiger charge is -2.11. The molecule has 0 aromatic heterocycles. The first kappa shape index (κ1) is 13.9. The lowest BCUT2D eigenvalue weighted by atomic mass is 10.0. The second-order valence-corrected chi connectivity index (χ2v) is 4.76. The van der Waals surface area contributed by atoms with Crippen molar-refractivity contribution in [2.75, 3.05) is 13.7 Å². The van der Waals surface area contributed by atoms with Gasteiger partial charge in [0.25, 0.3) is 0 Å². The van der Waals surface area contributed by atoms with Gasteiger partial charge in [-0.05, 0) is 41.9 Å². The van der Waals surface area contributed by atoms with Crippen molar-refractivity contribution in [1.29, 1.82) is 0 Å². The van der Waals surface area contributed by atoms with Crippen LogP contribution in [-0.2, 0) is 6.54 Å². The number of hydrogen-bond acceptors (Lipinski definition) is 2. The van der Waals surface area contributed by atoms with Crippen molar-refractivity contribution in [1.82, 2.24) is 5.32 Å². The fraction of sp³-hybridized carbons (Fsp3) is 0.250. The molecule has 2 aromatic carbocycles. The van der Waals surface area contributed by atoms with Gasteiger partial charge < -0.3 is 10.1 Å². The second-order valence-electron chi connectivity index (χ2n) is 4.32. The van der Waals surface area contributed by atoms with Crippen LogP contribution in [-0.4, -0.2) is 13.7 Å². The van der Waals surface area contributed by atoms with E-state index in [9.17, 15) is 0 Å². The molecular weight excluding hydrogens is 258 g/mol. The summed E-state index contributed by atoms with van der Waals surface area (Å²) in [4.78, 5) is 0.